The van der Waals surface area contributed by atoms with Gasteiger partial charge in [-0.2, -0.15) is 4.31 Å². The maximum absolute atomic E-state index is 12.9. The minimum absolute atomic E-state index is 0.124. The third-order valence-corrected chi connectivity index (χ3v) is 6.68. The van der Waals surface area contributed by atoms with E-state index >= 15 is 0 Å². The van der Waals surface area contributed by atoms with Crippen LogP contribution in [0.5, 0.6) is 0 Å². The molecule has 1 aromatic rings. The van der Waals surface area contributed by atoms with Crippen LogP contribution in [0.25, 0.3) is 0 Å². The molecule has 0 spiro atoms. The van der Waals surface area contributed by atoms with Crippen LogP contribution in [0, 0.1) is 19.3 Å². The van der Waals surface area contributed by atoms with Crippen LogP contribution in [0.4, 0.5) is 0 Å². The Bertz CT molecular complexity index is 716. The van der Waals surface area contributed by atoms with Gasteiger partial charge in [-0.15, -0.1) is 0 Å². The Labute approximate surface area is 149 Å². The van der Waals surface area contributed by atoms with Crippen molar-refractivity contribution in [2.75, 3.05) is 26.2 Å². The number of aromatic nitrogens is 1. The molecule has 0 saturated carbocycles. The monoisotopic (exact) mass is 372 g/mol. The second-order valence-corrected chi connectivity index (χ2v) is 9.45. The topological polar surface area (TPSA) is 110 Å². The standard InChI is InChI=1S/C16H28N4O4S/c1-11-13(12(2)24-18-11)25(22,23)20-8-6-7-19(9-10-20)15(21)14(17)16(3,4)5/h14H,6-10,17H2,1-5H3/t14-/m1/s1. The van der Waals surface area contributed by atoms with E-state index in [-0.39, 0.29) is 28.5 Å². The minimum Gasteiger partial charge on any atom is -0.360 e. The molecule has 2 rings (SSSR count). The van der Waals surface area contributed by atoms with E-state index in [4.69, 9.17) is 10.3 Å². The number of rotatable bonds is 3. The number of carbonyl (C=O) groups excluding carboxylic acids is 1. The highest BCUT2D eigenvalue weighted by Crippen LogP contribution is 2.25. The van der Waals surface area contributed by atoms with Crippen LogP contribution >= 0.6 is 0 Å². The molecular weight excluding hydrogens is 344 g/mol. The molecule has 1 saturated heterocycles. The molecule has 1 aliphatic heterocycles. The van der Waals surface area contributed by atoms with Gasteiger partial charge in [0.15, 0.2) is 5.76 Å². The summed E-state index contributed by atoms with van der Waals surface area (Å²) in [5, 5.41) is 3.73. The van der Waals surface area contributed by atoms with E-state index < -0.39 is 16.1 Å². The van der Waals surface area contributed by atoms with Crippen molar-refractivity contribution in [2.45, 2.75) is 52.0 Å². The van der Waals surface area contributed by atoms with Gasteiger partial charge in [-0.05, 0) is 25.7 Å². The highest BCUT2D eigenvalue weighted by atomic mass is 32.2. The zero-order valence-corrected chi connectivity index (χ0v) is 16.4. The van der Waals surface area contributed by atoms with Crippen molar-refractivity contribution < 1.29 is 17.7 Å². The summed E-state index contributed by atoms with van der Waals surface area (Å²) >= 11 is 0. The van der Waals surface area contributed by atoms with Gasteiger partial charge in [0, 0.05) is 26.2 Å². The van der Waals surface area contributed by atoms with Gasteiger partial charge in [-0.1, -0.05) is 25.9 Å². The summed E-state index contributed by atoms with van der Waals surface area (Å²) in [7, 11) is -3.69. The average molecular weight is 372 g/mol. The SMILES string of the molecule is Cc1noc(C)c1S(=O)(=O)N1CCCN(C(=O)[C@@H](N)C(C)(C)C)CC1. The molecule has 1 atom stereocenters. The maximum Gasteiger partial charge on any atom is 0.248 e. The Morgan fingerprint density at radius 2 is 1.84 bits per heavy atom. The number of nitrogens with two attached hydrogens (primary N) is 1. The summed E-state index contributed by atoms with van der Waals surface area (Å²) in [6, 6.07) is -0.613. The molecule has 25 heavy (non-hydrogen) atoms. The second-order valence-electron chi connectivity index (χ2n) is 7.58. The van der Waals surface area contributed by atoms with E-state index in [1.807, 2.05) is 20.8 Å². The van der Waals surface area contributed by atoms with Crippen molar-refractivity contribution in [1.29, 1.82) is 0 Å². The third kappa shape index (κ3) is 4.04. The number of carbonyl (C=O) groups is 1. The molecular formula is C16H28N4O4S. The lowest BCUT2D eigenvalue weighted by molar-refractivity contribution is -0.134. The van der Waals surface area contributed by atoms with E-state index in [1.54, 1.807) is 18.7 Å². The quantitative estimate of drug-likeness (QED) is 0.844. The second kappa shape index (κ2) is 7.05. The number of nitrogens with zero attached hydrogens (tertiary/aromatic N) is 3. The number of sulfonamides is 1. The fraction of sp³-hybridized carbons (Fsp3) is 0.750. The van der Waals surface area contributed by atoms with Crippen LogP contribution in [0.2, 0.25) is 0 Å². The molecule has 1 aromatic heterocycles. The lowest BCUT2D eigenvalue weighted by atomic mass is 9.86. The van der Waals surface area contributed by atoms with Crippen LogP contribution in [0.3, 0.4) is 0 Å². The van der Waals surface area contributed by atoms with Gasteiger partial charge in [-0.25, -0.2) is 8.42 Å². The van der Waals surface area contributed by atoms with Crippen LogP contribution < -0.4 is 5.73 Å². The fourth-order valence-electron chi connectivity index (χ4n) is 2.89. The van der Waals surface area contributed by atoms with E-state index in [2.05, 4.69) is 5.16 Å². The van der Waals surface area contributed by atoms with Gasteiger partial charge in [0.2, 0.25) is 15.9 Å². The summed E-state index contributed by atoms with van der Waals surface area (Å²) in [6.07, 6.45) is 0.561. The molecule has 0 radical (unpaired) electrons. The lowest BCUT2D eigenvalue weighted by Crippen LogP contribution is -2.51. The van der Waals surface area contributed by atoms with Crippen molar-refractivity contribution in [2.24, 2.45) is 11.1 Å². The molecule has 2 heterocycles. The largest absolute Gasteiger partial charge is 0.360 e. The average Bonchev–Trinajstić information content (AvgIpc) is 2.73. The molecule has 8 nitrogen and oxygen atoms in total. The van der Waals surface area contributed by atoms with Gasteiger partial charge in [0.25, 0.3) is 0 Å². The molecule has 1 fully saturated rings. The van der Waals surface area contributed by atoms with E-state index in [0.717, 1.165) is 0 Å². The van der Waals surface area contributed by atoms with Gasteiger partial charge >= 0.3 is 0 Å². The number of amides is 1. The first-order valence-corrected chi connectivity index (χ1v) is 9.87. The van der Waals surface area contributed by atoms with Crippen molar-refractivity contribution in [1.82, 2.24) is 14.4 Å². The summed E-state index contributed by atoms with van der Waals surface area (Å²) < 4.78 is 32.2. The summed E-state index contributed by atoms with van der Waals surface area (Å²) in [6.45, 7) is 10.4. The van der Waals surface area contributed by atoms with Crippen LogP contribution in [-0.2, 0) is 14.8 Å². The normalized spacial score (nSPS) is 18.9. The minimum atomic E-state index is -3.69. The van der Waals surface area contributed by atoms with Crippen molar-refractivity contribution in [3.63, 3.8) is 0 Å². The smallest absolute Gasteiger partial charge is 0.248 e. The van der Waals surface area contributed by atoms with Crippen LogP contribution in [0.1, 0.15) is 38.6 Å². The zero-order chi connectivity index (χ0) is 19.0. The number of hydrogen-bond acceptors (Lipinski definition) is 6. The molecule has 1 aliphatic rings. The first-order valence-electron chi connectivity index (χ1n) is 8.43. The molecule has 0 unspecified atom stereocenters. The Morgan fingerprint density at radius 1 is 1.20 bits per heavy atom. The van der Waals surface area contributed by atoms with Crippen LogP contribution in [0.15, 0.2) is 9.42 Å². The Hall–Kier alpha value is -1.45. The van der Waals surface area contributed by atoms with Gasteiger partial charge in [-0.3, -0.25) is 4.79 Å². The Morgan fingerprint density at radius 3 is 2.36 bits per heavy atom. The van der Waals surface area contributed by atoms with Crippen molar-refractivity contribution in [3.8, 4) is 0 Å². The molecule has 0 aliphatic carbocycles. The Balaban J connectivity index is 2.15. The van der Waals surface area contributed by atoms with E-state index in [1.165, 1.54) is 4.31 Å². The van der Waals surface area contributed by atoms with Gasteiger partial charge < -0.3 is 15.2 Å². The molecule has 1 amide bonds. The lowest BCUT2D eigenvalue weighted by Gasteiger charge is -2.31. The van der Waals surface area contributed by atoms with Gasteiger partial charge in [0.1, 0.15) is 10.6 Å². The molecule has 2 N–H and O–H groups in total. The number of hydrogen-bond donors (Lipinski definition) is 1. The molecule has 142 valence electrons. The summed E-state index contributed by atoms with van der Waals surface area (Å²) in [4.78, 5) is 14.4. The van der Waals surface area contributed by atoms with Crippen molar-refractivity contribution in [3.05, 3.63) is 11.5 Å². The third-order valence-electron chi connectivity index (χ3n) is 4.53. The zero-order valence-electron chi connectivity index (χ0n) is 15.6. The predicted molar refractivity (Wildman–Crippen MR) is 93.4 cm³/mol. The first-order chi connectivity index (χ1) is 11.5. The van der Waals surface area contributed by atoms with Crippen LogP contribution in [-0.4, -0.2) is 60.9 Å². The highest BCUT2D eigenvalue weighted by molar-refractivity contribution is 7.89. The molecule has 9 heteroatoms. The maximum atomic E-state index is 12.9. The highest BCUT2D eigenvalue weighted by Gasteiger charge is 2.35. The fourth-order valence-corrected chi connectivity index (χ4v) is 4.65. The Kier molecular flexibility index (Phi) is 5.60. The first kappa shape index (κ1) is 19.9. The summed E-state index contributed by atoms with van der Waals surface area (Å²) in [5.74, 6) is 0.147. The van der Waals surface area contributed by atoms with E-state index in [9.17, 15) is 13.2 Å². The van der Waals surface area contributed by atoms with Gasteiger partial charge in [0.05, 0.1) is 6.04 Å². The summed E-state index contributed by atoms with van der Waals surface area (Å²) in [5.41, 5.74) is 6.08. The number of aryl methyl sites for hydroxylation is 2. The van der Waals surface area contributed by atoms with Crippen molar-refractivity contribution >= 4 is 15.9 Å². The van der Waals surface area contributed by atoms with E-state index in [0.29, 0.717) is 31.7 Å². The predicted octanol–water partition coefficient (Wildman–Crippen LogP) is 0.888. The molecule has 0 bridgehead atoms. The molecule has 0 aromatic carbocycles.